The van der Waals surface area contributed by atoms with Crippen LogP contribution in [-0.4, -0.2) is 6.16 Å². The average Bonchev–Trinajstić information content (AvgIpc) is 2.84. The minimum atomic E-state index is -0.723. The first-order valence-electron chi connectivity index (χ1n) is 10.2. The van der Waals surface area contributed by atoms with E-state index in [-0.39, 0.29) is 13.2 Å². The van der Waals surface area contributed by atoms with E-state index >= 15 is 0 Å². The number of carbonyl (C=O) groups excluding carboxylic acids is 1. The van der Waals surface area contributed by atoms with Crippen molar-refractivity contribution in [3.8, 4) is 23.0 Å². The fourth-order valence-corrected chi connectivity index (χ4v) is 2.88. The number of hydrogen-bond donors (Lipinski definition) is 0. The Bertz CT molecular complexity index is 1020. The van der Waals surface area contributed by atoms with Crippen molar-refractivity contribution < 1.29 is 23.7 Å². The van der Waals surface area contributed by atoms with Crippen LogP contribution in [0.3, 0.4) is 0 Å². The Morgan fingerprint density at radius 3 is 1.19 bits per heavy atom. The molecule has 0 aliphatic heterocycles. The van der Waals surface area contributed by atoms with Gasteiger partial charge in [-0.25, -0.2) is 4.79 Å². The van der Waals surface area contributed by atoms with Crippen molar-refractivity contribution in [2.24, 2.45) is 0 Å². The molecule has 160 valence electrons. The van der Waals surface area contributed by atoms with E-state index in [2.05, 4.69) is 0 Å². The Labute approximate surface area is 186 Å². The highest BCUT2D eigenvalue weighted by atomic mass is 16.7. The van der Waals surface area contributed by atoms with Crippen LogP contribution in [0.2, 0.25) is 0 Å². The van der Waals surface area contributed by atoms with Gasteiger partial charge < -0.3 is 18.9 Å². The maximum atomic E-state index is 11.9. The molecule has 5 nitrogen and oxygen atoms in total. The molecule has 0 saturated heterocycles. The molecule has 0 fully saturated rings. The lowest BCUT2D eigenvalue weighted by molar-refractivity contribution is 0.0446. The highest BCUT2D eigenvalue weighted by molar-refractivity contribution is 5.60. The Kier molecular flexibility index (Phi) is 7.01. The maximum absolute atomic E-state index is 11.9. The molecule has 4 aromatic carbocycles. The van der Waals surface area contributed by atoms with Gasteiger partial charge in [0, 0.05) is 0 Å². The summed E-state index contributed by atoms with van der Waals surface area (Å²) in [6, 6.07) is 33.8. The topological polar surface area (TPSA) is 54.0 Å². The molecular formula is C27H22O5. The number of carbonyl (C=O) groups is 1. The van der Waals surface area contributed by atoms with Crippen LogP contribution in [0.4, 0.5) is 4.79 Å². The molecule has 0 amide bonds. The summed E-state index contributed by atoms with van der Waals surface area (Å²) in [7, 11) is 0. The summed E-state index contributed by atoms with van der Waals surface area (Å²) in [4.78, 5) is 11.9. The Morgan fingerprint density at radius 2 is 0.812 bits per heavy atom. The quantitative estimate of drug-likeness (QED) is 0.281. The normalized spacial score (nSPS) is 10.2. The van der Waals surface area contributed by atoms with Gasteiger partial charge in [0.25, 0.3) is 0 Å². The van der Waals surface area contributed by atoms with Crippen molar-refractivity contribution in [3.05, 3.63) is 120 Å². The van der Waals surface area contributed by atoms with E-state index in [1.165, 1.54) is 0 Å². The first-order chi connectivity index (χ1) is 15.7. The van der Waals surface area contributed by atoms with E-state index in [4.69, 9.17) is 18.9 Å². The lowest BCUT2D eigenvalue weighted by Gasteiger charge is -2.09. The van der Waals surface area contributed by atoms with Gasteiger partial charge in [0.1, 0.15) is 36.2 Å². The van der Waals surface area contributed by atoms with Crippen LogP contribution in [0.5, 0.6) is 23.0 Å². The van der Waals surface area contributed by atoms with E-state index in [0.717, 1.165) is 22.6 Å². The Morgan fingerprint density at radius 1 is 0.469 bits per heavy atom. The largest absolute Gasteiger partial charge is 0.508 e. The van der Waals surface area contributed by atoms with E-state index in [9.17, 15) is 4.79 Å². The minimum absolute atomic E-state index is 0.119. The lowest BCUT2D eigenvalue weighted by Crippen LogP contribution is -2.07. The van der Waals surface area contributed by atoms with Gasteiger partial charge >= 0.3 is 6.16 Å². The van der Waals surface area contributed by atoms with Crippen molar-refractivity contribution in [3.63, 3.8) is 0 Å². The molecule has 0 saturated carbocycles. The van der Waals surface area contributed by atoms with Crippen molar-refractivity contribution in [1.29, 1.82) is 0 Å². The second-order valence-electron chi connectivity index (χ2n) is 6.95. The van der Waals surface area contributed by atoms with Gasteiger partial charge in [0.15, 0.2) is 0 Å². The molecule has 0 heterocycles. The van der Waals surface area contributed by atoms with Crippen LogP contribution >= 0.6 is 0 Å². The van der Waals surface area contributed by atoms with Crippen LogP contribution < -0.4 is 9.47 Å². The summed E-state index contributed by atoms with van der Waals surface area (Å²) in [6.07, 6.45) is -0.723. The van der Waals surface area contributed by atoms with E-state index < -0.39 is 6.16 Å². The van der Waals surface area contributed by atoms with E-state index in [1.807, 2.05) is 109 Å². The third kappa shape index (κ3) is 6.37. The van der Waals surface area contributed by atoms with Gasteiger partial charge in [-0.15, -0.1) is 0 Å². The SMILES string of the molecule is O=C(OCc1ccc(Oc2ccccc2)cc1)OCc1ccc(Oc2ccccc2)cc1. The summed E-state index contributed by atoms with van der Waals surface area (Å²) < 4.78 is 21.9. The Balaban J connectivity index is 1.19. The molecule has 0 atom stereocenters. The molecule has 5 heteroatoms. The van der Waals surface area contributed by atoms with Crippen molar-refractivity contribution >= 4 is 6.16 Å². The molecule has 0 N–H and O–H groups in total. The number of para-hydroxylation sites is 2. The van der Waals surface area contributed by atoms with Crippen molar-refractivity contribution in [1.82, 2.24) is 0 Å². The maximum Gasteiger partial charge on any atom is 0.508 e. The third-order valence-electron chi connectivity index (χ3n) is 4.52. The lowest BCUT2D eigenvalue weighted by atomic mass is 10.2. The highest BCUT2D eigenvalue weighted by Crippen LogP contribution is 2.22. The first-order valence-corrected chi connectivity index (χ1v) is 10.2. The summed E-state index contributed by atoms with van der Waals surface area (Å²) in [5.74, 6) is 2.95. The second kappa shape index (κ2) is 10.7. The molecule has 0 bridgehead atoms. The zero-order valence-electron chi connectivity index (χ0n) is 17.3. The summed E-state index contributed by atoms with van der Waals surface area (Å²) >= 11 is 0. The van der Waals surface area contributed by atoms with E-state index in [0.29, 0.717) is 11.5 Å². The molecule has 0 aliphatic rings. The van der Waals surface area contributed by atoms with Crippen LogP contribution in [0.25, 0.3) is 0 Å². The molecule has 4 rings (SSSR count). The molecule has 4 aromatic rings. The zero-order chi connectivity index (χ0) is 22.0. The molecule has 0 spiro atoms. The van der Waals surface area contributed by atoms with Gasteiger partial charge in [-0.3, -0.25) is 0 Å². The standard InChI is InChI=1S/C27H22O5/c28-27(29-19-21-11-15-25(16-12-21)31-23-7-3-1-4-8-23)30-20-22-13-17-26(18-14-22)32-24-9-5-2-6-10-24/h1-18H,19-20H2. The monoisotopic (exact) mass is 426 g/mol. The van der Waals surface area contributed by atoms with Gasteiger partial charge in [0.2, 0.25) is 0 Å². The fraction of sp³-hybridized carbons (Fsp3) is 0.0741. The van der Waals surface area contributed by atoms with Crippen LogP contribution in [0.1, 0.15) is 11.1 Å². The number of rotatable bonds is 8. The number of ether oxygens (including phenoxy) is 4. The predicted molar refractivity (Wildman–Crippen MR) is 121 cm³/mol. The smallest absolute Gasteiger partial charge is 0.457 e. The van der Waals surface area contributed by atoms with Crippen molar-refractivity contribution in [2.45, 2.75) is 13.2 Å². The molecule has 0 aliphatic carbocycles. The fourth-order valence-electron chi connectivity index (χ4n) is 2.88. The molecule has 0 aromatic heterocycles. The summed E-state index contributed by atoms with van der Waals surface area (Å²) in [6.45, 7) is 0.239. The van der Waals surface area contributed by atoms with Crippen LogP contribution in [-0.2, 0) is 22.7 Å². The van der Waals surface area contributed by atoms with Gasteiger partial charge in [0.05, 0.1) is 0 Å². The van der Waals surface area contributed by atoms with E-state index in [1.54, 1.807) is 0 Å². The molecule has 32 heavy (non-hydrogen) atoms. The van der Waals surface area contributed by atoms with Crippen LogP contribution in [0.15, 0.2) is 109 Å². The number of benzene rings is 4. The minimum Gasteiger partial charge on any atom is -0.457 e. The molecular weight excluding hydrogens is 404 g/mol. The molecule has 0 radical (unpaired) electrons. The summed E-state index contributed by atoms with van der Waals surface area (Å²) in [5, 5.41) is 0. The van der Waals surface area contributed by atoms with Gasteiger partial charge in [-0.05, 0) is 59.7 Å². The van der Waals surface area contributed by atoms with Gasteiger partial charge in [-0.1, -0.05) is 60.7 Å². The number of hydrogen-bond acceptors (Lipinski definition) is 5. The predicted octanol–water partition coefficient (Wildman–Crippen LogP) is 7.12. The third-order valence-corrected chi connectivity index (χ3v) is 4.52. The highest BCUT2D eigenvalue weighted by Gasteiger charge is 2.06. The average molecular weight is 426 g/mol. The first kappa shape index (κ1) is 21.0. The van der Waals surface area contributed by atoms with Gasteiger partial charge in [-0.2, -0.15) is 0 Å². The zero-order valence-corrected chi connectivity index (χ0v) is 17.3. The van der Waals surface area contributed by atoms with Crippen LogP contribution in [0, 0.1) is 0 Å². The van der Waals surface area contributed by atoms with Crippen molar-refractivity contribution in [2.75, 3.05) is 0 Å². The second-order valence-corrected chi connectivity index (χ2v) is 6.95. The Hall–Kier alpha value is -4.25. The summed E-state index contributed by atoms with van der Waals surface area (Å²) in [5.41, 5.74) is 1.68. The molecule has 0 unspecified atom stereocenters.